The molecule has 3 rings (SSSR count). The highest BCUT2D eigenvalue weighted by Crippen LogP contribution is 2.45. The van der Waals surface area contributed by atoms with Crippen LogP contribution >= 0.6 is 11.8 Å². The highest BCUT2D eigenvalue weighted by molar-refractivity contribution is 8.00. The van der Waals surface area contributed by atoms with Gasteiger partial charge in [0.25, 0.3) is 0 Å². The monoisotopic (exact) mass is 220 g/mol. The maximum atomic E-state index is 11.2. The van der Waals surface area contributed by atoms with E-state index >= 15 is 0 Å². The molecule has 0 aromatic heterocycles. The van der Waals surface area contributed by atoms with Gasteiger partial charge < -0.3 is 11.1 Å². The van der Waals surface area contributed by atoms with Gasteiger partial charge in [-0.1, -0.05) is 6.07 Å². The van der Waals surface area contributed by atoms with Gasteiger partial charge in [0.1, 0.15) is 0 Å². The van der Waals surface area contributed by atoms with E-state index in [2.05, 4.69) is 11.4 Å². The molecule has 3 nitrogen and oxygen atoms in total. The first-order valence-electron chi connectivity index (χ1n) is 5.03. The van der Waals surface area contributed by atoms with Gasteiger partial charge in [-0.25, -0.2) is 0 Å². The number of carbonyl (C=O) groups is 1. The average Bonchev–Trinajstić information content (AvgIpc) is 2.97. The van der Waals surface area contributed by atoms with E-state index in [0.29, 0.717) is 5.75 Å². The molecule has 4 heteroatoms. The number of fused-ring (bicyclic) bond motifs is 1. The number of rotatable bonds is 1. The standard InChI is InChI=1S/C11H12N2OS/c12-11(3-4-11)7-1-2-8-9(5-7)15-6-10(14)13-8/h1-2,5H,3-4,6,12H2,(H,13,14). The van der Waals surface area contributed by atoms with Gasteiger partial charge in [-0.2, -0.15) is 0 Å². The minimum absolute atomic E-state index is 0.0779. The van der Waals surface area contributed by atoms with Gasteiger partial charge in [0, 0.05) is 10.4 Å². The van der Waals surface area contributed by atoms with Gasteiger partial charge in [0.15, 0.2) is 0 Å². The van der Waals surface area contributed by atoms with Gasteiger partial charge in [0.2, 0.25) is 5.91 Å². The SMILES string of the molecule is NC1(c2ccc3c(c2)SCC(=O)N3)CC1. The van der Waals surface area contributed by atoms with Crippen molar-refractivity contribution in [2.75, 3.05) is 11.1 Å². The first kappa shape index (κ1) is 9.24. The third-order valence-electron chi connectivity index (χ3n) is 2.98. The zero-order chi connectivity index (χ0) is 10.5. The maximum absolute atomic E-state index is 11.2. The zero-order valence-electron chi connectivity index (χ0n) is 8.25. The first-order valence-corrected chi connectivity index (χ1v) is 6.02. The summed E-state index contributed by atoms with van der Waals surface area (Å²) in [7, 11) is 0. The first-order chi connectivity index (χ1) is 7.17. The second-order valence-corrected chi connectivity index (χ2v) is 5.22. The number of anilines is 1. The van der Waals surface area contributed by atoms with Crippen molar-refractivity contribution in [2.45, 2.75) is 23.3 Å². The lowest BCUT2D eigenvalue weighted by molar-refractivity contribution is -0.113. The maximum Gasteiger partial charge on any atom is 0.234 e. The molecule has 1 aromatic carbocycles. The molecule has 1 aromatic rings. The number of thioether (sulfide) groups is 1. The minimum Gasteiger partial charge on any atom is -0.324 e. The fourth-order valence-corrected chi connectivity index (χ4v) is 2.65. The number of hydrogen-bond acceptors (Lipinski definition) is 3. The highest BCUT2D eigenvalue weighted by Gasteiger charge is 2.40. The van der Waals surface area contributed by atoms with E-state index < -0.39 is 0 Å². The van der Waals surface area contributed by atoms with Gasteiger partial charge in [0.05, 0.1) is 11.4 Å². The molecular formula is C11H12N2OS. The molecule has 0 bridgehead atoms. The molecule has 1 heterocycles. The molecule has 0 saturated heterocycles. The van der Waals surface area contributed by atoms with Crippen LogP contribution in [-0.2, 0) is 10.3 Å². The molecule has 2 aliphatic rings. The summed E-state index contributed by atoms with van der Waals surface area (Å²) in [6, 6.07) is 6.10. The molecule has 1 aliphatic carbocycles. The van der Waals surface area contributed by atoms with E-state index in [1.54, 1.807) is 11.8 Å². The van der Waals surface area contributed by atoms with Crippen molar-refractivity contribution >= 4 is 23.4 Å². The topological polar surface area (TPSA) is 55.1 Å². The van der Waals surface area contributed by atoms with Crippen LogP contribution in [0.5, 0.6) is 0 Å². The van der Waals surface area contributed by atoms with Crippen molar-refractivity contribution in [1.82, 2.24) is 0 Å². The lowest BCUT2D eigenvalue weighted by Crippen LogP contribution is -2.21. The third-order valence-corrected chi connectivity index (χ3v) is 4.03. The van der Waals surface area contributed by atoms with Crippen molar-refractivity contribution in [3.63, 3.8) is 0 Å². The van der Waals surface area contributed by atoms with Crippen LogP contribution in [-0.4, -0.2) is 11.7 Å². The van der Waals surface area contributed by atoms with Gasteiger partial charge in [-0.15, -0.1) is 11.8 Å². The molecule has 0 spiro atoms. The summed E-state index contributed by atoms with van der Waals surface area (Å²) in [5.41, 5.74) is 8.17. The summed E-state index contributed by atoms with van der Waals surface area (Å²) in [6.45, 7) is 0. The number of benzene rings is 1. The van der Waals surface area contributed by atoms with Crippen LogP contribution in [0.2, 0.25) is 0 Å². The Kier molecular flexibility index (Phi) is 1.85. The van der Waals surface area contributed by atoms with E-state index in [9.17, 15) is 4.79 Å². The van der Waals surface area contributed by atoms with Crippen LogP contribution in [0.4, 0.5) is 5.69 Å². The Balaban J connectivity index is 1.99. The Labute approximate surface area is 92.4 Å². The van der Waals surface area contributed by atoms with Crippen molar-refractivity contribution in [1.29, 1.82) is 0 Å². The number of carbonyl (C=O) groups excluding carboxylic acids is 1. The highest BCUT2D eigenvalue weighted by atomic mass is 32.2. The van der Waals surface area contributed by atoms with Crippen LogP contribution in [0.25, 0.3) is 0 Å². The molecule has 0 unspecified atom stereocenters. The van der Waals surface area contributed by atoms with Gasteiger partial charge in [-0.05, 0) is 30.5 Å². The lowest BCUT2D eigenvalue weighted by Gasteiger charge is -2.18. The molecular weight excluding hydrogens is 208 g/mol. The summed E-state index contributed by atoms with van der Waals surface area (Å²) < 4.78 is 0. The molecule has 1 saturated carbocycles. The number of nitrogens with one attached hydrogen (secondary N) is 1. The second kappa shape index (κ2) is 3.00. The fraction of sp³-hybridized carbons (Fsp3) is 0.364. The van der Waals surface area contributed by atoms with Crippen molar-refractivity contribution in [3.8, 4) is 0 Å². The number of hydrogen-bond donors (Lipinski definition) is 2. The summed E-state index contributed by atoms with van der Waals surface area (Å²) in [4.78, 5) is 12.3. The zero-order valence-corrected chi connectivity index (χ0v) is 9.06. The number of nitrogens with two attached hydrogens (primary N) is 1. The van der Waals surface area contributed by atoms with Crippen LogP contribution in [0.1, 0.15) is 18.4 Å². The van der Waals surface area contributed by atoms with Crippen LogP contribution in [0.3, 0.4) is 0 Å². The molecule has 15 heavy (non-hydrogen) atoms. The molecule has 78 valence electrons. The molecule has 3 N–H and O–H groups in total. The Morgan fingerprint density at radius 3 is 2.93 bits per heavy atom. The van der Waals surface area contributed by atoms with Crippen molar-refractivity contribution in [2.24, 2.45) is 5.73 Å². The predicted octanol–water partition coefficient (Wildman–Crippen LogP) is 1.68. The second-order valence-electron chi connectivity index (χ2n) is 4.20. The average molecular weight is 220 g/mol. The number of amides is 1. The molecule has 1 fully saturated rings. The van der Waals surface area contributed by atoms with Crippen molar-refractivity contribution < 1.29 is 4.79 Å². The fourth-order valence-electron chi connectivity index (χ4n) is 1.81. The summed E-state index contributed by atoms with van der Waals surface area (Å²) in [5.74, 6) is 0.586. The van der Waals surface area contributed by atoms with Gasteiger partial charge in [-0.3, -0.25) is 4.79 Å². The summed E-state index contributed by atoms with van der Waals surface area (Å²) in [6.07, 6.45) is 2.14. The van der Waals surface area contributed by atoms with E-state index in [-0.39, 0.29) is 11.4 Å². The largest absolute Gasteiger partial charge is 0.324 e. The Morgan fingerprint density at radius 1 is 1.40 bits per heavy atom. The molecule has 1 amide bonds. The third kappa shape index (κ3) is 1.54. The van der Waals surface area contributed by atoms with Crippen molar-refractivity contribution in [3.05, 3.63) is 23.8 Å². The van der Waals surface area contributed by atoms with Crippen LogP contribution < -0.4 is 11.1 Å². The van der Waals surface area contributed by atoms with E-state index in [4.69, 9.17) is 5.73 Å². The lowest BCUT2D eigenvalue weighted by atomic mass is 10.1. The Hall–Kier alpha value is -1.00. The minimum atomic E-state index is -0.0863. The predicted molar refractivity (Wildman–Crippen MR) is 60.9 cm³/mol. The van der Waals surface area contributed by atoms with E-state index in [1.807, 2.05) is 12.1 Å². The summed E-state index contributed by atoms with van der Waals surface area (Å²) >= 11 is 1.59. The van der Waals surface area contributed by atoms with Crippen LogP contribution in [0.15, 0.2) is 23.1 Å². The molecule has 1 aliphatic heterocycles. The Morgan fingerprint density at radius 2 is 2.20 bits per heavy atom. The van der Waals surface area contributed by atoms with Crippen LogP contribution in [0, 0.1) is 0 Å². The quantitative estimate of drug-likeness (QED) is 0.757. The summed E-state index contributed by atoms with van der Waals surface area (Å²) in [5, 5.41) is 2.86. The van der Waals surface area contributed by atoms with E-state index in [1.165, 1.54) is 5.56 Å². The molecule has 0 atom stereocenters. The van der Waals surface area contributed by atoms with E-state index in [0.717, 1.165) is 23.4 Å². The molecule has 0 radical (unpaired) electrons. The smallest absolute Gasteiger partial charge is 0.234 e. The van der Waals surface area contributed by atoms with Gasteiger partial charge >= 0.3 is 0 Å². The Bertz CT molecular complexity index is 440. The normalized spacial score (nSPS) is 21.8.